The first-order valence-corrected chi connectivity index (χ1v) is 8.30. The number of ether oxygens (including phenoxy) is 2. The lowest BCUT2D eigenvalue weighted by Gasteiger charge is -2.14. The predicted octanol–water partition coefficient (Wildman–Crippen LogP) is 3.32. The number of aliphatic imine (C=N–C) groups is 1. The lowest BCUT2D eigenvalue weighted by molar-refractivity contribution is 0.352. The lowest BCUT2D eigenvalue weighted by Crippen LogP contribution is -2.37. The molecule has 0 aliphatic heterocycles. The van der Waals surface area contributed by atoms with Crippen molar-refractivity contribution in [3.05, 3.63) is 22.2 Å². The van der Waals surface area contributed by atoms with Gasteiger partial charge in [0.15, 0.2) is 17.5 Å². The molecule has 2 N–H and O–H groups in total. The van der Waals surface area contributed by atoms with Crippen LogP contribution in [0.15, 0.2) is 21.6 Å². The third kappa shape index (κ3) is 5.75. The normalized spacial score (nSPS) is 11.2. The molecule has 0 spiro atoms. The van der Waals surface area contributed by atoms with Crippen LogP contribution in [0.25, 0.3) is 0 Å². The van der Waals surface area contributed by atoms with E-state index >= 15 is 0 Å². The smallest absolute Gasteiger partial charge is 0.191 e. The van der Waals surface area contributed by atoms with Crippen molar-refractivity contribution < 1.29 is 9.47 Å². The van der Waals surface area contributed by atoms with E-state index in [1.54, 1.807) is 21.3 Å². The van der Waals surface area contributed by atoms with Crippen LogP contribution in [0, 0.1) is 0 Å². The summed E-state index contributed by atoms with van der Waals surface area (Å²) >= 11 is 3.50. The number of methoxy groups -OCH3 is 2. The second kappa shape index (κ2) is 10.3. The van der Waals surface area contributed by atoms with E-state index in [1.165, 1.54) is 12.8 Å². The summed E-state index contributed by atoms with van der Waals surface area (Å²) in [6, 6.07) is 3.97. The predicted molar refractivity (Wildman–Crippen MR) is 95.0 cm³/mol. The molecule has 0 aliphatic carbocycles. The Morgan fingerprint density at radius 3 is 2.55 bits per heavy atom. The zero-order valence-corrected chi connectivity index (χ0v) is 15.4. The third-order valence-corrected chi connectivity index (χ3v) is 3.84. The van der Waals surface area contributed by atoms with Crippen molar-refractivity contribution in [2.45, 2.75) is 32.7 Å². The highest BCUT2D eigenvalue weighted by atomic mass is 79.9. The summed E-state index contributed by atoms with van der Waals surface area (Å²) in [4.78, 5) is 4.23. The molecule has 0 radical (unpaired) electrons. The van der Waals surface area contributed by atoms with Gasteiger partial charge >= 0.3 is 0 Å². The highest BCUT2D eigenvalue weighted by Gasteiger charge is 2.10. The topological polar surface area (TPSA) is 54.9 Å². The van der Waals surface area contributed by atoms with Crippen LogP contribution < -0.4 is 20.1 Å². The quantitative estimate of drug-likeness (QED) is 0.418. The number of hydrogen-bond donors (Lipinski definition) is 2. The molecule has 1 rings (SSSR count). The lowest BCUT2D eigenvalue weighted by atomic mass is 10.2. The molecule has 0 saturated heterocycles. The van der Waals surface area contributed by atoms with Crippen molar-refractivity contribution in [3.8, 4) is 11.5 Å². The van der Waals surface area contributed by atoms with Gasteiger partial charge in [0.1, 0.15) is 0 Å². The van der Waals surface area contributed by atoms with Crippen LogP contribution in [0.5, 0.6) is 11.5 Å². The van der Waals surface area contributed by atoms with Gasteiger partial charge in [0, 0.05) is 20.1 Å². The van der Waals surface area contributed by atoms with Gasteiger partial charge in [-0.05, 0) is 40.0 Å². The van der Waals surface area contributed by atoms with E-state index in [4.69, 9.17) is 9.47 Å². The van der Waals surface area contributed by atoms with Gasteiger partial charge < -0.3 is 20.1 Å². The fraction of sp³-hybridized carbons (Fsp3) is 0.562. The molecule has 1 aromatic carbocycles. The van der Waals surface area contributed by atoms with Gasteiger partial charge in [0.2, 0.25) is 0 Å². The maximum absolute atomic E-state index is 5.35. The molecular formula is C16H26BrN3O2. The van der Waals surface area contributed by atoms with E-state index in [0.717, 1.165) is 29.0 Å². The second-order valence-corrected chi connectivity index (χ2v) is 5.73. The number of nitrogens with zero attached hydrogens (tertiary/aromatic N) is 1. The first-order valence-electron chi connectivity index (χ1n) is 7.51. The number of rotatable bonds is 8. The van der Waals surface area contributed by atoms with Crippen LogP contribution in [-0.2, 0) is 6.54 Å². The molecule has 0 unspecified atom stereocenters. The van der Waals surface area contributed by atoms with E-state index < -0.39 is 0 Å². The maximum Gasteiger partial charge on any atom is 0.191 e. The van der Waals surface area contributed by atoms with Crippen LogP contribution in [0.3, 0.4) is 0 Å². The summed E-state index contributed by atoms with van der Waals surface area (Å²) in [6.45, 7) is 3.79. The molecule has 1 aromatic rings. The van der Waals surface area contributed by atoms with Gasteiger partial charge in [-0.25, -0.2) is 0 Å². The van der Waals surface area contributed by atoms with E-state index in [2.05, 4.69) is 38.5 Å². The van der Waals surface area contributed by atoms with Gasteiger partial charge in [-0.2, -0.15) is 0 Å². The van der Waals surface area contributed by atoms with Gasteiger partial charge in [-0.3, -0.25) is 4.99 Å². The minimum absolute atomic E-state index is 0.659. The van der Waals surface area contributed by atoms with Crippen molar-refractivity contribution >= 4 is 21.9 Å². The minimum atomic E-state index is 0.659. The van der Waals surface area contributed by atoms with Crippen LogP contribution in [0.4, 0.5) is 0 Å². The Morgan fingerprint density at radius 1 is 1.18 bits per heavy atom. The molecule has 0 fully saturated rings. The Kier molecular flexibility index (Phi) is 8.74. The molecule has 0 saturated carbocycles. The molecule has 0 aliphatic rings. The zero-order chi connectivity index (χ0) is 16.4. The molecule has 5 nitrogen and oxygen atoms in total. The zero-order valence-electron chi connectivity index (χ0n) is 13.8. The van der Waals surface area contributed by atoms with E-state index in [1.807, 2.05) is 12.1 Å². The molecular weight excluding hydrogens is 346 g/mol. The third-order valence-electron chi connectivity index (χ3n) is 3.25. The minimum Gasteiger partial charge on any atom is -0.493 e. The molecule has 0 bridgehead atoms. The summed E-state index contributed by atoms with van der Waals surface area (Å²) < 4.78 is 11.5. The van der Waals surface area contributed by atoms with Crippen LogP contribution >= 0.6 is 15.9 Å². The highest BCUT2D eigenvalue weighted by molar-refractivity contribution is 9.10. The Hall–Kier alpha value is -1.43. The molecule has 6 heteroatoms. The number of guanidine groups is 1. The van der Waals surface area contributed by atoms with E-state index in [0.29, 0.717) is 18.0 Å². The van der Waals surface area contributed by atoms with Crippen molar-refractivity contribution in [3.63, 3.8) is 0 Å². The molecule has 0 aromatic heterocycles. The summed E-state index contributed by atoms with van der Waals surface area (Å²) in [5, 5.41) is 6.61. The highest BCUT2D eigenvalue weighted by Crippen LogP contribution is 2.36. The number of halogens is 1. The van der Waals surface area contributed by atoms with Crippen molar-refractivity contribution in [1.82, 2.24) is 10.6 Å². The first kappa shape index (κ1) is 18.6. The number of hydrogen-bond acceptors (Lipinski definition) is 3. The summed E-state index contributed by atoms with van der Waals surface area (Å²) in [7, 11) is 5.04. The molecule has 0 amide bonds. The molecule has 0 heterocycles. The van der Waals surface area contributed by atoms with Crippen LogP contribution in [0.2, 0.25) is 0 Å². The molecule has 0 atom stereocenters. The largest absolute Gasteiger partial charge is 0.493 e. The number of unbranched alkanes of at least 4 members (excludes halogenated alkanes) is 2. The van der Waals surface area contributed by atoms with Gasteiger partial charge in [0.05, 0.1) is 18.7 Å². The standard InChI is InChI=1S/C16H26BrN3O2/c1-5-6-7-8-19-16(18-2)20-11-12-9-13(17)15(22-4)14(10-12)21-3/h9-10H,5-8,11H2,1-4H3,(H2,18,19,20). The number of benzene rings is 1. The van der Waals surface area contributed by atoms with E-state index in [-0.39, 0.29) is 0 Å². The Bertz CT molecular complexity index is 493. The fourth-order valence-electron chi connectivity index (χ4n) is 2.06. The maximum atomic E-state index is 5.35. The van der Waals surface area contributed by atoms with Gasteiger partial charge in [-0.15, -0.1) is 0 Å². The Morgan fingerprint density at radius 2 is 1.95 bits per heavy atom. The van der Waals surface area contributed by atoms with Crippen molar-refractivity contribution in [2.75, 3.05) is 27.8 Å². The molecule has 22 heavy (non-hydrogen) atoms. The SMILES string of the molecule is CCCCCNC(=NC)NCc1cc(Br)c(OC)c(OC)c1. The summed E-state index contributed by atoms with van der Waals surface area (Å²) in [5.74, 6) is 2.22. The van der Waals surface area contributed by atoms with Gasteiger partial charge in [-0.1, -0.05) is 19.8 Å². The van der Waals surface area contributed by atoms with Crippen molar-refractivity contribution in [2.24, 2.45) is 4.99 Å². The van der Waals surface area contributed by atoms with E-state index in [9.17, 15) is 0 Å². The Labute approximate surface area is 141 Å². The average molecular weight is 372 g/mol. The summed E-state index contributed by atoms with van der Waals surface area (Å²) in [5.41, 5.74) is 1.08. The number of nitrogens with one attached hydrogen (secondary N) is 2. The second-order valence-electron chi connectivity index (χ2n) is 4.87. The Balaban J connectivity index is 2.61. The fourth-order valence-corrected chi connectivity index (χ4v) is 2.71. The molecule has 124 valence electrons. The monoisotopic (exact) mass is 371 g/mol. The average Bonchev–Trinajstić information content (AvgIpc) is 2.53. The van der Waals surface area contributed by atoms with Crippen LogP contribution in [0.1, 0.15) is 31.7 Å². The van der Waals surface area contributed by atoms with Crippen LogP contribution in [-0.4, -0.2) is 33.8 Å². The summed E-state index contributed by atoms with van der Waals surface area (Å²) in [6.07, 6.45) is 3.60. The first-order chi connectivity index (χ1) is 10.7. The van der Waals surface area contributed by atoms with Crippen molar-refractivity contribution in [1.29, 1.82) is 0 Å². The van der Waals surface area contributed by atoms with Gasteiger partial charge in [0.25, 0.3) is 0 Å².